The van der Waals surface area contributed by atoms with E-state index in [-0.39, 0.29) is 0 Å². The third kappa shape index (κ3) is 1.56. The number of tetrazole rings is 1. The van der Waals surface area contributed by atoms with E-state index in [2.05, 4.69) is 20.5 Å². The van der Waals surface area contributed by atoms with Crippen molar-refractivity contribution in [1.29, 1.82) is 0 Å². The van der Waals surface area contributed by atoms with Crippen molar-refractivity contribution >= 4 is 11.3 Å². The average Bonchev–Trinajstić information content (AvgIpc) is 2.71. The van der Waals surface area contributed by atoms with E-state index in [4.69, 9.17) is 5.73 Å². The Kier molecular flexibility index (Phi) is 2.28. The van der Waals surface area contributed by atoms with Gasteiger partial charge in [0.1, 0.15) is 5.69 Å². The zero-order chi connectivity index (χ0) is 9.10. The van der Waals surface area contributed by atoms with Gasteiger partial charge < -0.3 is 5.73 Å². The lowest BCUT2D eigenvalue weighted by Gasteiger charge is -1.98. The zero-order valence-corrected chi connectivity index (χ0v) is 7.61. The Hall–Kier alpha value is -1.34. The van der Waals surface area contributed by atoms with E-state index < -0.39 is 0 Å². The highest BCUT2D eigenvalue weighted by Crippen LogP contribution is 2.14. The molecule has 2 rings (SSSR count). The van der Waals surface area contributed by atoms with Gasteiger partial charge in [0.2, 0.25) is 5.82 Å². The molecule has 0 fully saturated rings. The molecule has 0 spiro atoms. The van der Waals surface area contributed by atoms with Gasteiger partial charge in [0, 0.05) is 11.9 Å². The average molecular weight is 196 g/mol. The summed E-state index contributed by atoms with van der Waals surface area (Å²) in [5.74, 6) is 0.673. The molecule has 0 atom stereocenters. The highest BCUT2D eigenvalue weighted by molar-refractivity contribution is 7.07. The molecule has 0 aliphatic rings. The van der Waals surface area contributed by atoms with Crippen molar-refractivity contribution in [3.05, 3.63) is 10.9 Å². The highest BCUT2D eigenvalue weighted by Gasteiger charge is 2.08. The van der Waals surface area contributed by atoms with Gasteiger partial charge in [-0.3, -0.25) is 0 Å². The van der Waals surface area contributed by atoms with E-state index in [1.165, 1.54) is 11.3 Å². The van der Waals surface area contributed by atoms with Crippen molar-refractivity contribution in [2.24, 2.45) is 5.73 Å². The molecule has 0 unspecified atom stereocenters. The molecule has 2 aromatic rings. The van der Waals surface area contributed by atoms with Crippen molar-refractivity contribution in [2.75, 3.05) is 6.54 Å². The zero-order valence-electron chi connectivity index (χ0n) is 6.79. The summed E-state index contributed by atoms with van der Waals surface area (Å²) in [5, 5.41) is 13.1. The second-order valence-corrected chi connectivity index (χ2v) is 3.11. The van der Waals surface area contributed by atoms with E-state index >= 15 is 0 Å². The van der Waals surface area contributed by atoms with Crippen LogP contribution in [-0.2, 0) is 6.54 Å². The van der Waals surface area contributed by atoms with Crippen LogP contribution in [0, 0.1) is 0 Å². The summed E-state index contributed by atoms with van der Waals surface area (Å²) < 4.78 is 1.65. The van der Waals surface area contributed by atoms with Crippen LogP contribution < -0.4 is 5.73 Å². The van der Waals surface area contributed by atoms with Crippen LogP contribution in [0.2, 0.25) is 0 Å². The number of thiazole rings is 1. The van der Waals surface area contributed by atoms with Crippen molar-refractivity contribution in [3.63, 3.8) is 0 Å². The first-order valence-corrected chi connectivity index (χ1v) is 4.71. The minimum Gasteiger partial charge on any atom is -0.329 e. The quantitative estimate of drug-likeness (QED) is 0.732. The molecule has 0 aliphatic heterocycles. The van der Waals surface area contributed by atoms with E-state index in [1.807, 2.05) is 5.38 Å². The first-order chi connectivity index (χ1) is 6.42. The summed E-state index contributed by atoms with van der Waals surface area (Å²) in [4.78, 5) is 4.12. The van der Waals surface area contributed by atoms with Crippen LogP contribution in [-0.4, -0.2) is 31.7 Å². The fourth-order valence-corrected chi connectivity index (χ4v) is 1.51. The van der Waals surface area contributed by atoms with Crippen LogP contribution in [0.1, 0.15) is 0 Å². The molecule has 0 saturated heterocycles. The van der Waals surface area contributed by atoms with Crippen LogP contribution in [0.4, 0.5) is 0 Å². The Morgan fingerprint density at radius 2 is 2.46 bits per heavy atom. The van der Waals surface area contributed by atoms with Crippen molar-refractivity contribution in [3.8, 4) is 11.5 Å². The van der Waals surface area contributed by atoms with E-state index in [1.54, 1.807) is 10.2 Å². The molecular formula is C6H8N6S. The SMILES string of the molecule is NCCn1nnnc1-c1cscn1. The van der Waals surface area contributed by atoms with Gasteiger partial charge in [-0.25, -0.2) is 9.67 Å². The Labute approximate surface area is 78.4 Å². The van der Waals surface area contributed by atoms with Crippen molar-refractivity contribution in [2.45, 2.75) is 6.54 Å². The molecular weight excluding hydrogens is 188 g/mol. The largest absolute Gasteiger partial charge is 0.329 e. The van der Waals surface area contributed by atoms with E-state index in [0.29, 0.717) is 18.9 Å². The molecule has 2 aromatic heterocycles. The Balaban J connectivity index is 2.35. The fourth-order valence-electron chi connectivity index (χ4n) is 0.984. The van der Waals surface area contributed by atoms with Gasteiger partial charge in [-0.15, -0.1) is 16.4 Å². The molecule has 0 aliphatic carbocycles. The molecule has 0 amide bonds. The maximum absolute atomic E-state index is 5.41. The van der Waals surface area contributed by atoms with Gasteiger partial charge in [0.05, 0.1) is 12.1 Å². The van der Waals surface area contributed by atoms with Gasteiger partial charge >= 0.3 is 0 Å². The van der Waals surface area contributed by atoms with E-state index in [9.17, 15) is 0 Å². The summed E-state index contributed by atoms with van der Waals surface area (Å²) >= 11 is 1.51. The molecule has 2 N–H and O–H groups in total. The smallest absolute Gasteiger partial charge is 0.201 e. The molecule has 68 valence electrons. The molecule has 0 aromatic carbocycles. The Bertz CT molecular complexity index is 366. The van der Waals surface area contributed by atoms with Crippen LogP contribution in [0.5, 0.6) is 0 Å². The Morgan fingerprint density at radius 1 is 1.54 bits per heavy atom. The maximum Gasteiger partial charge on any atom is 0.201 e. The second kappa shape index (κ2) is 3.58. The maximum atomic E-state index is 5.41. The number of nitrogens with two attached hydrogens (primary N) is 1. The van der Waals surface area contributed by atoms with Gasteiger partial charge in [0.15, 0.2) is 0 Å². The topological polar surface area (TPSA) is 82.5 Å². The summed E-state index contributed by atoms with van der Waals surface area (Å²) in [5.41, 5.74) is 7.95. The lowest BCUT2D eigenvalue weighted by molar-refractivity contribution is 0.602. The summed E-state index contributed by atoms with van der Waals surface area (Å²) in [7, 11) is 0. The normalized spacial score (nSPS) is 10.5. The molecule has 13 heavy (non-hydrogen) atoms. The summed E-state index contributed by atoms with van der Waals surface area (Å²) in [6, 6.07) is 0. The predicted molar refractivity (Wildman–Crippen MR) is 48.0 cm³/mol. The van der Waals surface area contributed by atoms with Crippen LogP contribution in [0.3, 0.4) is 0 Å². The second-order valence-electron chi connectivity index (χ2n) is 2.39. The summed E-state index contributed by atoms with van der Waals surface area (Å²) in [6.07, 6.45) is 0. The van der Waals surface area contributed by atoms with Crippen molar-refractivity contribution < 1.29 is 0 Å². The molecule has 0 radical (unpaired) electrons. The van der Waals surface area contributed by atoms with Gasteiger partial charge in [-0.05, 0) is 10.4 Å². The third-order valence-electron chi connectivity index (χ3n) is 1.53. The lowest BCUT2D eigenvalue weighted by atomic mass is 10.4. The lowest BCUT2D eigenvalue weighted by Crippen LogP contribution is -2.12. The minimum atomic E-state index is 0.516. The number of aromatic nitrogens is 5. The van der Waals surface area contributed by atoms with E-state index in [0.717, 1.165) is 5.69 Å². The molecule has 0 saturated carbocycles. The summed E-state index contributed by atoms with van der Waals surface area (Å²) in [6.45, 7) is 1.13. The molecule has 7 heteroatoms. The molecule has 0 bridgehead atoms. The Morgan fingerprint density at radius 3 is 3.15 bits per heavy atom. The number of hydrogen-bond donors (Lipinski definition) is 1. The number of hydrogen-bond acceptors (Lipinski definition) is 6. The third-order valence-corrected chi connectivity index (χ3v) is 2.12. The van der Waals surface area contributed by atoms with Crippen LogP contribution >= 0.6 is 11.3 Å². The van der Waals surface area contributed by atoms with Crippen LogP contribution in [0.25, 0.3) is 11.5 Å². The predicted octanol–water partition coefficient (Wildman–Crippen LogP) is -0.245. The number of nitrogens with zero attached hydrogens (tertiary/aromatic N) is 5. The minimum absolute atomic E-state index is 0.516. The standard InChI is InChI=1S/C6H8N6S/c7-1-2-12-6(9-10-11-12)5-3-13-4-8-5/h3-4H,1-2,7H2. The fraction of sp³-hybridized carbons (Fsp3) is 0.333. The highest BCUT2D eigenvalue weighted by atomic mass is 32.1. The van der Waals surface area contributed by atoms with Gasteiger partial charge in [0.25, 0.3) is 0 Å². The van der Waals surface area contributed by atoms with Crippen molar-refractivity contribution in [1.82, 2.24) is 25.2 Å². The first kappa shape index (κ1) is 8.27. The van der Waals surface area contributed by atoms with Gasteiger partial charge in [-0.2, -0.15) is 0 Å². The molecule has 2 heterocycles. The van der Waals surface area contributed by atoms with Gasteiger partial charge in [-0.1, -0.05) is 0 Å². The first-order valence-electron chi connectivity index (χ1n) is 3.76. The molecule has 6 nitrogen and oxygen atoms in total. The van der Waals surface area contributed by atoms with Crippen LogP contribution in [0.15, 0.2) is 10.9 Å². The monoisotopic (exact) mass is 196 g/mol. The number of rotatable bonds is 3.